The van der Waals surface area contributed by atoms with Crippen LogP contribution in [0.3, 0.4) is 0 Å². The van der Waals surface area contributed by atoms with Crippen molar-refractivity contribution in [2.75, 3.05) is 18.4 Å². The fourth-order valence-corrected chi connectivity index (χ4v) is 4.63. The molecule has 4 heterocycles. The van der Waals surface area contributed by atoms with Crippen molar-refractivity contribution in [3.05, 3.63) is 77.6 Å². The van der Waals surface area contributed by atoms with E-state index in [1.807, 2.05) is 32.9 Å². The summed E-state index contributed by atoms with van der Waals surface area (Å²) in [6.07, 6.45) is 5.75. The van der Waals surface area contributed by atoms with E-state index in [0.29, 0.717) is 37.3 Å². The maximum absolute atomic E-state index is 15.4. The molecule has 0 radical (unpaired) electrons. The summed E-state index contributed by atoms with van der Waals surface area (Å²) in [5, 5.41) is 3.19. The fourth-order valence-electron chi connectivity index (χ4n) is 4.63. The van der Waals surface area contributed by atoms with Crippen molar-refractivity contribution in [2.24, 2.45) is 0 Å². The van der Waals surface area contributed by atoms with Gasteiger partial charge in [0.05, 0.1) is 23.5 Å². The molecule has 1 N–H and O–H groups in total. The van der Waals surface area contributed by atoms with Crippen LogP contribution in [0.25, 0.3) is 22.4 Å². The third-order valence-electron chi connectivity index (χ3n) is 6.49. The molecule has 0 saturated carbocycles. The number of fused-ring (bicyclic) bond motifs is 1. The number of hydrogen-bond acceptors (Lipinski definition) is 6. The Morgan fingerprint density at radius 3 is 2.58 bits per heavy atom. The van der Waals surface area contributed by atoms with Crippen LogP contribution in [-0.2, 0) is 19.5 Å². The number of rotatable bonds is 6. The zero-order valence-electron chi connectivity index (χ0n) is 20.6. The summed E-state index contributed by atoms with van der Waals surface area (Å²) in [5.41, 5.74) is 4.79. The van der Waals surface area contributed by atoms with Gasteiger partial charge < -0.3 is 14.8 Å². The Morgan fingerprint density at radius 1 is 1.03 bits per heavy atom. The zero-order chi connectivity index (χ0) is 25.2. The first-order chi connectivity index (χ1) is 17.5. The standard InChI is InChI=1S/C27H28FN7O/c1-4-22-25(19-7-9-23(29-5-2)30-14-19)26(33-16-32-22)18-6-8-20(21(28)12-18)27(36)34-10-11-35-17(3)13-31-24(35)15-34/h6-9,12-14,16H,4-5,10-11,15H2,1-3H3,(H,29,30). The minimum Gasteiger partial charge on any atom is -0.370 e. The van der Waals surface area contributed by atoms with Gasteiger partial charge in [0.25, 0.3) is 5.91 Å². The van der Waals surface area contributed by atoms with Crippen molar-refractivity contribution >= 4 is 11.7 Å². The summed E-state index contributed by atoms with van der Waals surface area (Å²) in [6.45, 7) is 8.32. The lowest BCUT2D eigenvalue weighted by atomic mass is 9.96. The summed E-state index contributed by atoms with van der Waals surface area (Å²) >= 11 is 0. The highest BCUT2D eigenvalue weighted by atomic mass is 19.1. The average Bonchev–Trinajstić information content (AvgIpc) is 3.28. The summed E-state index contributed by atoms with van der Waals surface area (Å²) in [5.74, 6) is 0.676. The molecule has 0 fully saturated rings. The monoisotopic (exact) mass is 485 g/mol. The van der Waals surface area contributed by atoms with Crippen molar-refractivity contribution in [3.63, 3.8) is 0 Å². The Morgan fingerprint density at radius 2 is 1.86 bits per heavy atom. The Balaban J connectivity index is 1.47. The number of anilines is 1. The quantitative estimate of drug-likeness (QED) is 0.433. The number of imidazole rings is 1. The summed E-state index contributed by atoms with van der Waals surface area (Å²) in [4.78, 5) is 32.6. The minimum absolute atomic E-state index is 0.0402. The van der Waals surface area contributed by atoms with Crippen LogP contribution in [0, 0.1) is 12.7 Å². The van der Waals surface area contributed by atoms with Gasteiger partial charge in [-0.3, -0.25) is 4.79 Å². The number of pyridine rings is 1. The summed E-state index contributed by atoms with van der Waals surface area (Å²) < 4.78 is 17.5. The van der Waals surface area contributed by atoms with E-state index in [-0.39, 0.29) is 11.5 Å². The van der Waals surface area contributed by atoms with Gasteiger partial charge in [-0.05, 0) is 44.5 Å². The molecule has 0 saturated heterocycles. The second-order valence-electron chi connectivity index (χ2n) is 8.75. The maximum Gasteiger partial charge on any atom is 0.257 e. The van der Waals surface area contributed by atoms with E-state index in [0.717, 1.165) is 40.7 Å². The number of nitrogens with one attached hydrogen (secondary N) is 1. The number of amides is 1. The van der Waals surface area contributed by atoms with E-state index in [4.69, 9.17) is 0 Å². The smallest absolute Gasteiger partial charge is 0.257 e. The van der Waals surface area contributed by atoms with E-state index in [1.165, 1.54) is 12.4 Å². The number of nitrogens with zero attached hydrogens (tertiary/aromatic N) is 6. The highest BCUT2D eigenvalue weighted by Crippen LogP contribution is 2.34. The van der Waals surface area contributed by atoms with Crippen molar-refractivity contribution in [1.82, 2.24) is 29.4 Å². The molecule has 1 aliphatic rings. The van der Waals surface area contributed by atoms with Crippen LogP contribution in [0.15, 0.2) is 49.1 Å². The van der Waals surface area contributed by atoms with E-state index < -0.39 is 5.82 Å². The number of carbonyl (C=O) groups is 1. The van der Waals surface area contributed by atoms with Crippen LogP contribution in [0.4, 0.5) is 10.2 Å². The molecule has 0 bridgehead atoms. The topological polar surface area (TPSA) is 88.8 Å². The molecule has 0 unspecified atom stereocenters. The lowest BCUT2D eigenvalue weighted by molar-refractivity contribution is 0.0702. The van der Waals surface area contributed by atoms with Crippen molar-refractivity contribution in [2.45, 2.75) is 40.3 Å². The van der Waals surface area contributed by atoms with E-state index >= 15 is 4.39 Å². The predicted octanol–water partition coefficient (Wildman–Crippen LogP) is 4.50. The molecule has 36 heavy (non-hydrogen) atoms. The molecule has 9 heteroatoms. The molecule has 184 valence electrons. The molecule has 0 spiro atoms. The summed E-state index contributed by atoms with van der Waals surface area (Å²) in [7, 11) is 0. The summed E-state index contributed by atoms with van der Waals surface area (Å²) in [6, 6.07) is 8.54. The van der Waals surface area contributed by atoms with Crippen LogP contribution in [0.2, 0.25) is 0 Å². The molecule has 0 aliphatic carbocycles. The van der Waals surface area contributed by atoms with Gasteiger partial charge >= 0.3 is 0 Å². The zero-order valence-corrected chi connectivity index (χ0v) is 20.6. The number of aryl methyl sites for hydroxylation is 2. The SMILES string of the molecule is CCNc1ccc(-c2c(CC)ncnc2-c2ccc(C(=O)N3CCn4c(C)cnc4C3)c(F)c2)cn1. The fraction of sp³-hybridized carbons (Fsp3) is 0.296. The number of aromatic nitrogens is 5. The molecule has 3 aromatic heterocycles. The van der Waals surface area contributed by atoms with Gasteiger partial charge in [0.2, 0.25) is 0 Å². The highest BCUT2D eigenvalue weighted by molar-refractivity contribution is 5.95. The van der Waals surface area contributed by atoms with Crippen molar-refractivity contribution < 1.29 is 9.18 Å². The molecule has 1 aromatic carbocycles. The molecule has 8 nitrogen and oxygen atoms in total. The van der Waals surface area contributed by atoms with Gasteiger partial charge in [0, 0.05) is 54.4 Å². The first-order valence-corrected chi connectivity index (χ1v) is 12.1. The largest absolute Gasteiger partial charge is 0.370 e. The van der Waals surface area contributed by atoms with Crippen LogP contribution in [0.1, 0.15) is 41.4 Å². The number of carbonyl (C=O) groups excluding carboxylic acids is 1. The van der Waals surface area contributed by atoms with Crippen molar-refractivity contribution in [1.29, 1.82) is 0 Å². The Hall–Kier alpha value is -4.14. The maximum atomic E-state index is 15.4. The lowest BCUT2D eigenvalue weighted by Gasteiger charge is -2.28. The molecule has 5 rings (SSSR count). The predicted molar refractivity (Wildman–Crippen MR) is 136 cm³/mol. The normalized spacial score (nSPS) is 12.9. The first kappa shape index (κ1) is 23.6. The van der Waals surface area contributed by atoms with Gasteiger partial charge in [-0.2, -0.15) is 0 Å². The number of halogens is 1. The van der Waals surface area contributed by atoms with Gasteiger partial charge in [-0.15, -0.1) is 0 Å². The molecular formula is C27H28FN7O. The Kier molecular flexibility index (Phi) is 6.45. The van der Waals surface area contributed by atoms with Gasteiger partial charge in [0.15, 0.2) is 0 Å². The first-order valence-electron chi connectivity index (χ1n) is 12.1. The van der Waals surface area contributed by atoms with E-state index in [2.05, 4.69) is 29.8 Å². The molecule has 1 amide bonds. The van der Waals surface area contributed by atoms with E-state index in [1.54, 1.807) is 29.4 Å². The van der Waals surface area contributed by atoms with Gasteiger partial charge in [0.1, 0.15) is 23.8 Å². The third-order valence-corrected chi connectivity index (χ3v) is 6.49. The number of hydrogen-bond donors (Lipinski definition) is 1. The van der Waals surface area contributed by atoms with Crippen LogP contribution in [-0.4, -0.2) is 48.4 Å². The van der Waals surface area contributed by atoms with Crippen molar-refractivity contribution in [3.8, 4) is 22.4 Å². The van der Waals surface area contributed by atoms with Gasteiger partial charge in [-0.25, -0.2) is 24.3 Å². The van der Waals surface area contributed by atoms with Gasteiger partial charge in [-0.1, -0.05) is 13.0 Å². The van der Waals surface area contributed by atoms with Crippen LogP contribution in [0.5, 0.6) is 0 Å². The molecule has 1 aliphatic heterocycles. The minimum atomic E-state index is -0.578. The Labute approximate surface area is 209 Å². The second kappa shape index (κ2) is 9.85. The third kappa shape index (κ3) is 4.32. The second-order valence-corrected chi connectivity index (χ2v) is 8.75. The molecule has 0 atom stereocenters. The number of benzene rings is 1. The van der Waals surface area contributed by atoms with Crippen LogP contribution >= 0.6 is 0 Å². The Bertz CT molecular complexity index is 1410. The van der Waals surface area contributed by atoms with Crippen LogP contribution < -0.4 is 5.32 Å². The molecular weight excluding hydrogens is 457 g/mol. The lowest BCUT2D eigenvalue weighted by Crippen LogP contribution is -2.39. The highest BCUT2D eigenvalue weighted by Gasteiger charge is 2.26. The average molecular weight is 486 g/mol. The van der Waals surface area contributed by atoms with E-state index in [9.17, 15) is 4.79 Å². The molecule has 4 aromatic rings.